The quantitative estimate of drug-likeness (QED) is 0.494. The van der Waals surface area contributed by atoms with Crippen LogP contribution < -0.4 is 15.2 Å². The Bertz CT molecular complexity index is 865. The third kappa shape index (κ3) is 3.17. The fraction of sp³-hybridized carbons (Fsp3) is 0. The van der Waals surface area contributed by atoms with Crippen molar-refractivity contribution in [2.45, 2.75) is 0 Å². The number of benzene rings is 2. The van der Waals surface area contributed by atoms with Crippen molar-refractivity contribution in [1.29, 1.82) is 0 Å². The van der Waals surface area contributed by atoms with E-state index in [-0.39, 0.29) is 0 Å². The second-order valence-electron chi connectivity index (χ2n) is 5.36. The standard InChI is InChI=1S/C21H16NPS/c1-3-9-17(10-4-1)23(18-11-5-2-6-12-18)21-15-14-20(24-21)19-13-7-8-16-22-19/h1-16H. The van der Waals surface area contributed by atoms with Crippen molar-refractivity contribution in [2.24, 2.45) is 0 Å². The lowest BCUT2D eigenvalue weighted by Crippen LogP contribution is -2.18. The van der Waals surface area contributed by atoms with E-state index in [9.17, 15) is 0 Å². The van der Waals surface area contributed by atoms with Crippen molar-refractivity contribution in [3.8, 4) is 10.6 Å². The summed E-state index contributed by atoms with van der Waals surface area (Å²) in [5, 5.41) is 2.77. The van der Waals surface area contributed by atoms with Gasteiger partial charge in [-0.25, -0.2) is 0 Å². The molecule has 0 aliphatic rings. The van der Waals surface area contributed by atoms with Crippen LogP contribution in [0.4, 0.5) is 0 Å². The second kappa shape index (κ2) is 7.09. The molecule has 0 amide bonds. The summed E-state index contributed by atoms with van der Waals surface area (Å²) in [7, 11) is -0.525. The molecule has 0 radical (unpaired) electrons. The molecule has 0 unspecified atom stereocenters. The van der Waals surface area contributed by atoms with E-state index in [1.165, 1.54) is 20.1 Å². The molecule has 4 aromatic rings. The summed E-state index contributed by atoms with van der Waals surface area (Å²) < 4.78 is 1.41. The van der Waals surface area contributed by atoms with Gasteiger partial charge in [0.2, 0.25) is 0 Å². The van der Waals surface area contributed by atoms with Crippen LogP contribution in [0.15, 0.2) is 97.2 Å². The SMILES string of the molecule is c1ccc(P(c2ccccc2)c2ccc(-c3ccccn3)s2)cc1. The highest BCUT2D eigenvalue weighted by Gasteiger charge is 2.18. The molecule has 0 bridgehead atoms. The number of nitrogens with zero attached hydrogens (tertiary/aromatic N) is 1. The van der Waals surface area contributed by atoms with Crippen molar-refractivity contribution in [3.63, 3.8) is 0 Å². The van der Waals surface area contributed by atoms with Crippen LogP contribution in [0.2, 0.25) is 0 Å². The Morgan fingerprint density at radius 2 is 1.25 bits per heavy atom. The second-order valence-corrected chi connectivity index (χ2v) is 8.93. The van der Waals surface area contributed by atoms with Crippen LogP contribution in [-0.2, 0) is 0 Å². The van der Waals surface area contributed by atoms with Gasteiger partial charge in [-0.3, -0.25) is 4.98 Å². The Balaban J connectivity index is 1.79. The number of rotatable bonds is 4. The van der Waals surface area contributed by atoms with E-state index in [0.717, 1.165) is 5.69 Å². The highest BCUT2D eigenvalue weighted by atomic mass is 32.1. The lowest BCUT2D eigenvalue weighted by Gasteiger charge is -2.17. The van der Waals surface area contributed by atoms with Gasteiger partial charge in [0.25, 0.3) is 0 Å². The van der Waals surface area contributed by atoms with Crippen molar-refractivity contribution in [1.82, 2.24) is 4.98 Å². The molecule has 0 saturated heterocycles. The van der Waals surface area contributed by atoms with E-state index in [0.29, 0.717) is 0 Å². The van der Waals surface area contributed by atoms with Crippen LogP contribution in [0.3, 0.4) is 0 Å². The zero-order valence-corrected chi connectivity index (χ0v) is 14.8. The Hall–Kier alpha value is -2.28. The Morgan fingerprint density at radius 3 is 1.83 bits per heavy atom. The summed E-state index contributed by atoms with van der Waals surface area (Å²) in [6, 6.07) is 32.1. The summed E-state index contributed by atoms with van der Waals surface area (Å²) in [5.74, 6) is 0. The van der Waals surface area contributed by atoms with Crippen LogP contribution in [0, 0.1) is 0 Å². The smallest absolute Gasteiger partial charge is 0.0801 e. The Labute approximate surface area is 147 Å². The van der Waals surface area contributed by atoms with Gasteiger partial charge in [0.15, 0.2) is 0 Å². The molecule has 0 spiro atoms. The van der Waals surface area contributed by atoms with Crippen LogP contribution in [0.25, 0.3) is 10.6 Å². The molecule has 3 heteroatoms. The molecule has 1 nitrogen and oxygen atoms in total. The summed E-state index contributed by atoms with van der Waals surface area (Å²) in [5.41, 5.74) is 1.05. The molecule has 2 aromatic heterocycles. The van der Waals surface area contributed by atoms with E-state index in [4.69, 9.17) is 0 Å². The summed E-state index contributed by atoms with van der Waals surface area (Å²) in [6.45, 7) is 0. The van der Waals surface area contributed by atoms with Gasteiger partial charge in [-0.15, -0.1) is 11.3 Å². The predicted octanol–water partition coefficient (Wildman–Crippen LogP) is 4.57. The highest BCUT2D eigenvalue weighted by Crippen LogP contribution is 2.37. The van der Waals surface area contributed by atoms with E-state index in [1.807, 2.05) is 29.7 Å². The van der Waals surface area contributed by atoms with Crippen molar-refractivity contribution < 1.29 is 0 Å². The van der Waals surface area contributed by atoms with E-state index in [1.54, 1.807) is 0 Å². The van der Waals surface area contributed by atoms with E-state index < -0.39 is 7.92 Å². The van der Waals surface area contributed by atoms with Gasteiger partial charge >= 0.3 is 0 Å². The maximum Gasteiger partial charge on any atom is 0.0801 e. The molecular formula is C21H16NPS. The van der Waals surface area contributed by atoms with Crippen LogP contribution >= 0.6 is 19.3 Å². The van der Waals surface area contributed by atoms with Gasteiger partial charge in [0.05, 0.1) is 10.6 Å². The van der Waals surface area contributed by atoms with Gasteiger partial charge < -0.3 is 0 Å². The first-order valence-electron chi connectivity index (χ1n) is 7.83. The third-order valence-corrected chi connectivity index (χ3v) is 7.71. The minimum atomic E-state index is -0.525. The molecule has 0 saturated carbocycles. The minimum absolute atomic E-state index is 0.525. The molecule has 116 valence electrons. The highest BCUT2D eigenvalue weighted by molar-refractivity contribution is 7.84. The fourth-order valence-corrected chi connectivity index (χ4v) is 6.64. The van der Waals surface area contributed by atoms with Crippen LogP contribution in [0.1, 0.15) is 0 Å². The average Bonchev–Trinajstić information content (AvgIpc) is 3.14. The lowest BCUT2D eigenvalue weighted by atomic mass is 10.3. The lowest BCUT2D eigenvalue weighted by molar-refractivity contribution is 1.34. The number of pyridine rings is 1. The number of hydrogen-bond donors (Lipinski definition) is 0. The van der Waals surface area contributed by atoms with Crippen molar-refractivity contribution in [2.75, 3.05) is 0 Å². The number of hydrogen-bond acceptors (Lipinski definition) is 2. The summed E-state index contributed by atoms with van der Waals surface area (Å²) >= 11 is 1.85. The maximum atomic E-state index is 4.48. The van der Waals surface area contributed by atoms with Crippen LogP contribution in [-0.4, -0.2) is 4.98 Å². The minimum Gasteiger partial charge on any atom is -0.255 e. The monoisotopic (exact) mass is 345 g/mol. The topological polar surface area (TPSA) is 12.9 Å². The molecule has 0 atom stereocenters. The zero-order valence-electron chi connectivity index (χ0n) is 13.0. The zero-order chi connectivity index (χ0) is 16.2. The number of thiophene rings is 1. The average molecular weight is 345 g/mol. The molecular weight excluding hydrogens is 329 g/mol. The van der Waals surface area contributed by atoms with E-state index in [2.05, 4.69) is 83.8 Å². The van der Waals surface area contributed by atoms with Crippen molar-refractivity contribution >= 4 is 34.5 Å². The first-order chi connectivity index (χ1) is 11.9. The predicted molar refractivity (Wildman–Crippen MR) is 106 cm³/mol. The maximum absolute atomic E-state index is 4.48. The van der Waals surface area contributed by atoms with Gasteiger partial charge in [0, 0.05) is 10.8 Å². The first kappa shape index (κ1) is 15.3. The first-order valence-corrected chi connectivity index (χ1v) is 9.99. The summed E-state index contributed by atoms with van der Waals surface area (Å²) in [6.07, 6.45) is 1.85. The van der Waals surface area contributed by atoms with Gasteiger partial charge in [-0.1, -0.05) is 66.7 Å². The normalized spacial score (nSPS) is 10.9. The third-order valence-electron chi connectivity index (χ3n) is 3.76. The number of aromatic nitrogens is 1. The largest absolute Gasteiger partial charge is 0.255 e. The van der Waals surface area contributed by atoms with Gasteiger partial charge in [0.1, 0.15) is 0 Å². The molecule has 0 aliphatic heterocycles. The molecule has 0 aliphatic carbocycles. The van der Waals surface area contributed by atoms with Gasteiger partial charge in [-0.05, 0) is 42.8 Å². The molecule has 24 heavy (non-hydrogen) atoms. The Kier molecular flexibility index (Phi) is 4.51. The Morgan fingerprint density at radius 1 is 0.625 bits per heavy atom. The summed E-state index contributed by atoms with van der Waals surface area (Å²) in [4.78, 5) is 5.71. The van der Waals surface area contributed by atoms with Crippen molar-refractivity contribution in [3.05, 3.63) is 97.2 Å². The molecule has 0 N–H and O–H groups in total. The van der Waals surface area contributed by atoms with Crippen LogP contribution in [0.5, 0.6) is 0 Å². The fourth-order valence-electron chi connectivity index (χ4n) is 2.65. The molecule has 2 aromatic carbocycles. The van der Waals surface area contributed by atoms with E-state index >= 15 is 0 Å². The molecule has 2 heterocycles. The van der Waals surface area contributed by atoms with Gasteiger partial charge in [-0.2, -0.15) is 0 Å². The molecule has 4 rings (SSSR count). The molecule has 0 fully saturated rings.